The first-order chi connectivity index (χ1) is 18.0. The molecule has 0 aliphatic carbocycles. The van der Waals surface area contributed by atoms with Crippen molar-refractivity contribution < 1.29 is 40.7 Å². The van der Waals surface area contributed by atoms with Gasteiger partial charge in [-0.15, -0.1) is 0 Å². The number of hydrogen-bond acceptors (Lipinski definition) is 8. The first-order valence-electron chi connectivity index (χ1n) is 11.4. The van der Waals surface area contributed by atoms with Crippen molar-refractivity contribution in [1.29, 1.82) is 0 Å². The summed E-state index contributed by atoms with van der Waals surface area (Å²) < 4.78 is 64.6. The van der Waals surface area contributed by atoms with E-state index in [0.717, 1.165) is 11.8 Å². The van der Waals surface area contributed by atoms with Crippen LogP contribution in [0.15, 0.2) is 60.2 Å². The Bertz CT molecular complexity index is 1460. The molecule has 3 aromatic carbocycles. The molecule has 0 heterocycles. The topological polar surface area (TPSA) is 97.4 Å². The van der Waals surface area contributed by atoms with Crippen molar-refractivity contribution in [1.82, 2.24) is 0 Å². The largest absolute Gasteiger partial charge is 0.496 e. The standard InChI is InChI=1S/C28H29FO8S/c1-17(2)13-14-36-23-12-9-19(15-22(23)29)25-24(33-3)16-21(27(34-4)26(25)28(30)35-5)18-7-10-20(11-8-18)37-38(6,31)32/h7-13,15-16H,14H2,1-6H3. The zero-order valence-corrected chi connectivity index (χ0v) is 22.8. The van der Waals surface area contributed by atoms with Gasteiger partial charge in [-0.1, -0.05) is 23.8 Å². The molecule has 0 atom stereocenters. The Balaban J connectivity index is 2.18. The molecule has 8 nitrogen and oxygen atoms in total. The van der Waals surface area contributed by atoms with Crippen LogP contribution in [0.3, 0.4) is 0 Å². The molecule has 0 radical (unpaired) electrons. The molecule has 10 heteroatoms. The molecule has 0 N–H and O–H groups in total. The second kappa shape index (κ2) is 12.0. The smallest absolute Gasteiger partial charge is 0.342 e. The number of halogens is 1. The summed E-state index contributed by atoms with van der Waals surface area (Å²) in [4.78, 5) is 13.0. The number of carbonyl (C=O) groups is 1. The summed E-state index contributed by atoms with van der Waals surface area (Å²) in [7, 11) is 0.340. The van der Waals surface area contributed by atoms with Crippen LogP contribution in [0.25, 0.3) is 22.3 Å². The van der Waals surface area contributed by atoms with Crippen LogP contribution in [0.2, 0.25) is 0 Å². The van der Waals surface area contributed by atoms with Crippen molar-refractivity contribution >= 4 is 16.1 Å². The van der Waals surface area contributed by atoms with Crippen LogP contribution in [-0.2, 0) is 14.9 Å². The molecular formula is C28H29FO8S. The van der Waals surface area contributed by atoms with Crippen molar-refractivity contribution in [2.24, 2.45) is 0 Å². The third-order valence-corrected chi connectivity index (χ3v) is 5.92. The molecule has 3 aromatic rings. The Morgan fingerprint density at radius 3 is 2.11 bits per heavy atom. The molecule has 0 spiro atoms. The minimum atomic E-state index is -3.70. The number of rotatable bonds is 10. The SMILES string of the molecule is COC(=O)c1c(OC)c(-c2ccc(OS(C)(=O)=O)cc2)cc(OC)c1-c1ccc(OCC=C(C)C)c(F)c1. The number of methoxy groups -OCH3 is 3. The van der Waals surface area contributed by atoms with Gasteiger partial charge in [0.25, 0.3) is 0 Å². The van der Waals surface area contributed by atoms with E-state index in [-0.39, 0.29) is 40.7 Å². The molecule has 0 saturated heterocycles. The van der Waals surface area contributed by atoms with Gasteiger partial charge in [0.15, 0.2) is 11.6 Å². The number of allylic oxidation sites excluding steroid dienone is 1. The van der Waals surface area contributed by atoms with Crippen molar-refractivity contribution in [3.63, 3.8) is 0 Å². The highest BCUT2D eigenvalue weighted by atomic mass is 32.2. The zero-order valence-electron chi connectivity index (χ0n) is 22.0. The molecule has 0 aliphatic heterocycles. The lowest BCUT2D eigenvalue weighted by atomic mass is 9.92. The van der Waals surface area contributed by atoms with E-state index < -0.39 is 21.9 Å². The summed E-state index contributed by atoms with van der Waals surface area (Å²) in [6, 6.07) is 12.1. The molecular weight excluding hydrogens is 515 g/mol. The van der Waals surface area contributed by atoms with Crippen molar-refractivity contribution in [3.8, 4) is 45.3 Å². The van der Waals surface area contributed by atoms with E-state index >= 15 is 4.39 Å². The first-order valence-corrected chi connectivity index (χ1v) is 13.2. The molecule has 202 valence electrons. The minimum absolute atomic E-state index is 0.0263. The van der Waals surface area contributed by atoms with Crippen LogP contribution in [0.5, 0.6) is 23.0 Å². The maximum Gasteiger partial charge on any atom is 0.342 e. The predicted molar refractivity (Wildman–Crippen MR) is 142 cm³/mol. The van der Waals surface area contributed by atoms with Gasteiger partial charge in [-0.25, -0.2) is 9.18 Å². The molecule has 0 aliphatic rings. The van der Waals surface area contributed by atoms with Gasteiger partial charge >= 0.3 is 16.1 Å². The van der Waals surface area contributed by atoms with Crippen LogP contribution in [0.4, 0.5) is 4.39 Å². The van der Waals surface area contributed by atoms with E-state index in [1.165, 1.54) is 45.6 Å². The third kappa shape index (κ3) is 6.63. The van der Waals surface area contributed by atoms with Gasteiger partial charge in [0, 0.05) is 11.1 Å². The second-order valence-corrected chi connectivity index (χ2v) is 10.0. The van der Waals surface area contributed by atoms with E-state index in [4.69, 9.17) is 23.1 Å². The van der Waals surface area contributed by atoms with Crippen LogP contribution in [-0.4, -0.2) is 48.6 Å². The van der Waals surface area contributed by atoms with E-state index in [1.54, 1.807) is 24.3 Å². The summed E-state index contributed by atoms with van der Waals surface area (Å²) in [5.74, 6) is -0.742. The Hall–Kier alpha value is -4.05. The van der Waals surface area contributed by atoms with Gasteiger partial charge in [-0.2, -0.15) is 8.42 Å². The Morgan fingerprint density at radius 1 is 0.921 bits per heavy atom. The van der Waals surface area contributed by atoms with Gasteiger partial charge in [0.1, 0.15) is 29.4 Å². The van der Waals surface area contributed by atoms with Crippen LogP contribution >= 0.6 is 0 Å². The second-order valence-electron chi connectivity index (χ2n) is 8.45. The quantitative estimate of drug-likeness (QED) is 0.184. The third-order valence-electron chi connectivity index (χ3n) is 5.42. The lowest BCUT2D eigenvalue weighted by molar-refractivity contribution is 0.0597. The fraction of sp³-hybridized carbons (Fsp3) is 0.250. The van der Waals surface area contributed by atoms with Gasteiger partial charge in [-0.05, 0) is 61.4 Å². The Labute approximate surface area is 221 Å². The van der Waals surface area contributed by atoms with Gasteiger partial charge < -0.3 is 23.1 Å². The lowest BCUT2D eigenvalue weighted by Gasteiger charge is -2.20. The average Bonchev–Trinajstić information content (AvgIpc) is 2.87. The van der Waals surface area contributed by atoms with E-state index in [2.05, 4.69) is 0 Å². The fourth-order valence-electron chi connectivity index (χ4n) is 3.75. The molecule has 0 bridgehead atoms. The predicted octanol–water partition coefficient (Wildman–Crippen LogP) is 5.65. The van der Waals surface area contributed by atoms with Crippen molar-refractivity contribution in [3.05, 3.63) is 71.6 Å². The number of benzene rings is 3. The molecule has 0 unspecified atom stereocenters. The zero-order chi connectivity index (χ0) is 28.0. The number of ether oxygens (including phenoxy) is 4. The number of esters is 1. The van der Waals surface area contributed by atoms with Crippen LogP contribution in [0, 0.1) is 5.82 Å². The van der Waals surface area contributed by atoms with Crippen LogP contribution in [0.1, 0.15) is 24.2 Å². The maximum absolute atomic E-state index is 15.0. The summed E-state index contributed by atoms with van der Waals surface area (Å²) in [6.07, 6.45) is 2.77. The monoisotopic (exact) mass is 544 g/mol. The maximum atomic E-state index is 15.0. The van der Waals surface area contributed by atoms with Crippen molar-refractivity contribution in [2.45, 2.75) is 13.8 Å². The van der Waals surface area contributed by atoms with Crippen molar-refractivity contribution in [2.75, 3.05) is 34.2 Å². The van der Waals surface area contributed by atoms with E-state index in [0.29, 0.717) is 16.7 Å². The van der Waals surface area contributed by atoms with Gasteiger partial charge in [0.2, 0.25) is 0 Å². The summed E-state index contributed by atoms with van der Waals surface area (Å²) in [5, 5.41) is 0. The number of carbonyl (C=O) groups excluding carboxylic acids is 1. The minimum Gasteiger partial charge on any atom is -0.496 e. The van der Waals surface area contributed by atoms with Crippen LogP contribution < -0.4 is 18.4 Å². The van der Waals surface area contributed by atoms with E-state index in [1.807, 2.05) is 19.9 Å². The highest BCUT2D eigenvalue weighted by Gasteiger charge is 2.28. The fourth-order valence-corrected chi connectivity index (χ4v) is 4.21. The molecule has 0 saturated carbocycles. The highest BCUT2D eigenvalue weighted by Crippen LogP contribution is 2.46. The summed E-state index contributed by atoms with van der Waals surface area (Å²) in [6.45, 7) is 4.04. The molecule has 0 amide bonds. The lowest BCUT2D eigenvalue weighted by Crippen LogP contribution is -2.09. The first kappa shape index (κ1) is 28.5. The molecule has 0 aromatic heterocycles. The average molecular weight is 545 g/mol. The molecule has 3 rings (SSSR count). The van der Waals surface area contributed by atoms with Gasteiger partial charge in [-0.3, -0.25) is 0 Å². The van der Waals surface area contributed by atoms with Gasteiger partial charge in [0.05, 0.1) is 27.6 Å². The summed E-state index contributed by atoms with van der Waals surface area (Å²) >= 11 is 0. The molecule has 0 fully saturated rings. The Morgan fingerprint density at radius 2 is 1.58 bits per heavy atom. The molecule has 38 heavy (non-hydrogen) atoms. The highest BCUT2D eigenvalue weighted by molar-refractivity contribution is 7.86. The normalized spacial score (nSPS) is 10.9. The Kier molecular flexibility index (Phi) is 9.00. The summed E-state index contributed by atoms with van der Waals surface area (Å²) in [5.41, 5.74) is 2.72. The van der Waals surface area contributed by atoms with E-state index in [9.17, 15) is 13.2 Å². The number of hydrogen-bond donors (Lipinski definition) is 0.